The van der Waals surface area contributed by atoms with E-state index in [1.807, 2.05) is 35.2 Å². The minimum atomic E-state index is -1.20. The van der Waals surface area contributed by atoms with E-state index in [0.29, 0.717) is 37.8 Å². The summed E-state index contributed by atoms with van der Waals surface area (Å²) in [5, 5.41) is 12.4. The number of hydrogen-bond acceptors (Lipinski definition) is 7. The zero-order valence-corrected chi connectivity index (χ0v) is 28.7. The molecular formula is C36H48BrN3O7. The first kappa shape index (κ1) is 35.3. The number of nitrogens with zero attached hydrogens (tertiary/aromatic N) is 2. The van der Waals surface area contributed by atoms with Gasteiger partial charge in [-0.15, -0.1) is 13.2 Å². The second-order valence-corrected chi connectivity index (χ2v) is 14.3. The molecule has 1 aromatic carbocycles. The first-order valence-corrected chi connectivity index (χ1v) is 18.0. The predicted molar refractivity (Wildman–Crippen MR) is 180 cm³/mol. The van der Waals surface area contributed by atoms with Crippen LogP contribution in [0.3, 0.4) is 0 Å². The highest BCUT2D eigenvalue weighted by molar-refractivity contribution is 9.09. The van der Waals surface area contributed by atoms with Crippen molar-refractivity contribution in [2.75, 3.05) is 26.2 Å². The Kier molecular flexibility index (Phi) is 12.0. The molecule has 2 N–H and O–H groups in total. The summed E-state index contributed by atoms with van der Waals surface area (Å²) in [7, 11) is 0. The van der Waals surface area contributed by atoms with Crippen molar-refractivity contribution in [3.63, 3.8) is 0 Å². The number of benzene rings is 1. The Balaban J connectivity index is 1.45. The average molecular weight is 715 g/mol. The molecule has 4 aliphatic rings. The number of alkyl halides is 1. The molecule has 1 aromatic rings. The summed E-state index contributed by atoms with van der Waals surface area (Å²) in [6.45, 7) is 8.26. The fraction of sp³-hybridized carbons (Fsp3) is 0.611. The molecule has 2 bridgehead atoms. The zero-order chi connectivity index (χ0) is 33.6. The number of rotatable bonds is 16. The minimum absolute atomic E-state index is 0.0259. The first-order valence-electron chi connectivity index (χ1n) is 17.0. The molecule has 1 spiro atoms. The molecule has 3 heterocycles. The normalized spacial score (nSPS) is 28.9. The van der Waals surface area contributed by atoms with Crippen LogP contribution in [0, 0.1) is 11.8 Å². The van der Waals surface area contributed by atoms with Gasteiger partial charge in [-0.05, 0) is 44.1 Å². The lowest BCUT2D eigenvalue weighted by atomic mass is 9.70. The van der Waals surface area contributed by atoms with Crippen molar-refractivity contribution in [3.05, 3.63) is 61.2 Å². The summed E-state index contributed by atoms with van der Waals surface area (Å²) < 4.78 is 12.9. The largest absolute Gasteiger partial charge is 0.455 e. The van der Waals surface area contributed by atoms with Gasteiger partial charge in [-0.25, -0.2) is 0 Å². The molecule has 3 aliphatic heterocycles. The van der Waals surface area contributed by atoms with E-state index < -0.39 is 41.7 Å². The van der Waals surface area contributed by atoms with Crippen molar-refractivity contribution in [1.82, 2.24) is 15.1 Å². The first-order chi connectivity index (χ1) is 22.8. The SMILES string of the molecule is C=CCCC(=O)NC[C@H](OC(=O)[C@@H]1[C@H]2O[C@@]3(CC2Br)[C@H](C(=O)N(CC=C)C2CCCCC2)N(CCCCO)C(=O)[C@@H]13)c1ccccc1. The van der Waals surface area contributed by atoms with Gasteiger partial charge in [0.25, 0.3) is 0 Å². The van der Waals surface area contributed by atoms with Gasteiger partial charge in [0.05, 0.1) is 24.5 Å². The van der Waals surface area contributed by atoms with Gasteiger partial charge < -0.3 is 29.7 Å². The highest BCUT2D eigenvalue weighted by atomic mass is 79.9. The molecule has 10 nitrogen and oxygen atoms in total. The van der Waals surface area contributed by atoms with Gasteiger partial charge in [0, 0.05) is 37.0 Å². The highest BCUT2D eigenvalue weighted by Gasteiger charge is 2.77. The molecule has 256 valence electrons. The van der Waals surface area contributed by atoms with Crippen LogP contribution in [-0.2, 0) is 28.7 Å². The summed E-state index contributed by atoms with van der Waals surface area (Å²) in [5.74, 6) is -3.07. The number of unbranched alkanes of at least 4 members (excludes halogenated alkanes) is 1. The molecule has 1 unspecified atom stereocenters. The molecule has 0 aromatic heterocycles. The molecule has 7 atom stereocenters. The van der Waals surface area contributed by atoms with Crippen LogP contribution >= 0.6 is 15.9 Å². The Morgan fingerprint density at radius 2 is 1.89 bits per heavy atom. The van der Waals surface area contributed by atoms with Crippen LogP contribution in [0.1, 0.15) is 75.9 Å². The molecule has 1 aliphatic carbocycles. The minimum Gasteiger partial charge on any atom is -0.455 e. The molecule has 5 rings (SSSR count). The van der Waals surface area contributed by atoms with Crippen LogP contribution in [0.2, 0.25) is 0 Å². The number of carbonyl (C=O) groups excluding carboxylic acids is 4. The van der Waals surface area contributed by atoms with E-state index in [2.05, 4.69) is 34.4 Å². The van der Waals surface area contributed by atoms with E-state index in [4.69, 9.17) is 9.47 Å². The lowest BCUT2D eigenvalue weighted by Gasteiger charge is -2.41. The third kappa shape index (κ3) is 7.22. The van der Waals surface area contributed by atoms with Crippen LogP contribution < -0.4 is 5.32 Å². The molecule has 11 heteroatoms. The predicted octanol–water partition coefficient (Wildman–Crippen LogP) is 4.22. The quantitative estimate of drug-likeness (QED) is 0.114. The fourth-order valence-electron chi connectivity index (χ4n) is 8.06. The van der Waals surface area contributed by atoms with E-state index in [-0.39, 0.29) is 54.7 Å². The van der Waals surface area contributed by atoms with Gasteiger partial charge in [-0.1, -0.05) is 77.7 Å². The van der Waals surface area contributed by atoms with E-state index in [1.165, 1.54) is 0 Å². The van der Waals surface area contributed by atoms with E-state index in [0.717, 1.165) is 32.1 Å². The fourth-order valence-corrected chi connectivity index (χ4v) is 9.01. The van der Waals surface area contributed by atoms with Crippen molar-refractivity contribution in [2.45, 2.75) is 98.9 Å². The van der Waals surface area contributed by atoms with E-state index >= 15 is 0 Å². The second-order valence-electron chi connectivity index (χ2n) is 13.2. The Morgan fingerprint density at radius 3 is 2.57 bits per heavy atom. The summed E-state index contributed by atoms with van der Waals surface area (Å²) in [5.41, 5.74) is -0.492. The summed E-state index contributed by atoms with van der Waals surface area (Å²) >= 11 is 3.74. The Morgan fingerprint density at radius 1 is 1.15 bits per heavy atom. The number of hydrogen-bond donors (Lipinski definition) is 2. The summed E-state index contributed by atoms with van der Waals surface area (Å²) in [6, 6.07) is 8.33. The third-order valence-corrected chi connectivity index (χ3v) is 11.1. The van der Waals surface area contributed by atoms with Gasteiger partial charge in [-0.2, -0.15) is 0 Å². The third-order valence-electron chi connectivity index (χ3n) is 10.2. The van der Waals surface area contributed by atoms with Gasteiger partial charge in [-0.3, -0.25) is 19.2 Å². The average Bonchev–Trinajstić information content (AvgIpc) is 3.68. The van der Waals surface area contributed by atoms with Gasteiger partial charge in [0.2, 0.25) is 17.7 Å². The van der Waals surface area contributed by atoms with Crippen molar-refractivity contribution in [2.24, 2.45) is 11.8 Å². The van der Waals surface area contributed by atoms with Crippen molar-refractivity contribution in [1.29, 1.82) is 0 Å². The van der Waals surface area contributed by atoms with Crippen LogP contribution in [0.25, 0.3) is 0 Å². The maximum atomic E-state index is 14.7. The summed E-state index contributed by atoms with van der Waals surface area (Å²) in [4.78, 5) is 59.0. The number of amides is 3. The van der Waals surface area contributed by atoms with Crippen molar-refractivity contribution >= 4 is 39.6 Å². The second kappa shape index (κ2) is 15.9. The number of fused-ring (bicyclic) bond motifs is 1. The lowest BCUT2D eigenvalue weighted by Crippen LogP contribution is -2.58. The summed E-state index contributed by atoms with van der Waals surface area (Å²) in [6.07, 6.45) is 9.15. The van der Waals surface area contributed by atoms with Crippen molar-refractivity contribution in [3.8, 4) is 0 Å². The number of allylic oxidation sites excluding steroid dienone is 1. The number of carbonyl (C=O) groups is 4. The zero-order valence-electron chi connectivity index (χ0n) is 27.1. The van der Waals surface area contributed by atoms with Crippen molar-refractivity contribution < 1.29 is 33.8 Å². The molecule has 47 heavy (non-hydrogen) atoms. The maximum absolute atomic E-state index is 14.7. The number of aliphatic hydroxyl groups is 1. The smallest absolute Gasteiger partial charge is 0.313 e. The van der Waals surface area contributed by atoms with Crippen LogP contribution in [0.15, 0.2) is 55.6 Å². The Hall–Kier alpha value is -3.02. The highest BCUT2D eigenvalue weighted by Crippen LogP contribution is 2.60. The topological polar surface area (TPSA) is 125 Å². The molecule has 3 saturated heterocycles. The number of esters is 1. The molecule has 0 radical (unpaired) electrons. The van der Waals surface area contributed by atoms with Crippen LogP contribution in [0.4, 0.5) is 0 Å². The van der Waals surface area contributed by atoms with E-state index in [9.17, 15) is 24.3 Å². The van der Waals surface area contributed by atoms with Gasteiger partial charge >= 0.3 is 5.97 Å². The van der Waals surface area contributed by atoms with Crippen LogP contribution in [0.5, 0.6) is 0 Å². The Labute approximate surface area is 286 Å². The molecule has 4 fully saturated rings. The van der Waals surface area contributed by atoms with Gasteiger partial charge in [0.15, 0.2) is 0 Å². The molecule has 3 amide bonds. The number of aliphatic hydroxyl groups excluding tert-OH is 1. The number of halogens is 1. The number of ether oxygens (including phenoxy) is 2. The monoisotopic (exact) mass is 713 g/mol. The van der Waals surface area contributed by atoms with E-state index in [1.54, 1.807) is 17.1 Å². The van der Waals surface area contributed by atoms with Crippen LogP contribution in [-0.4, -0.2) is 93.5 Å². The Bertz CT molecular complexity index is 1300. The number of nitrogens with one attached hydrogen (secondary N) is 1. The standard InChI is InChI=1S/C36H48BrN3O7/c1-3-5-18-28(42)38-23-27(24-14-8-6-9-15-24)46-35(45)29-30-33(43)40(20-12-13-21-41)32(36(30)22-26(37)31(29)47-36)34(44)39(19-4-2)25-16-10-7-11-17-25/h3-4,6,8-9,14-15,25-27,29-32,41H,1-2,5,7,10-13,16-23H2,(H,38,42)/t26?,27-,29-,30+,31-,32-,36+/m0/s1. The molecular weight excluding hydrogens is 666 g/mol. The molecule has 1 saturated carbocycles. The van der Waals surface area contributed by atoms with Gasteiger partial charge in [0.1, 0.15) is 17.7 Å². The number of likely N-dealkylation sites (tertiary alicyclic amines) is 1. The maximum Gasteiger partial charge on any atom is 0.313 e. The lowest BCUT2D eigenvalue weighted by molar-refractivity contribution is -0.160.